The van der Waals surface area contributed by atoms with Gasteiger partial charge in [-0.25, -0.2) is 5.10 Å². The minimum Gasteiger partial charge on any atom is -0.377 e. The molecule has 6 heteroatoms. The summed E-state index contributed by atoms with van der Waals surface area (Å²) in [7, 11) is 0. The standard InChI is InChI=1S/C11H20N4OS/c1-8(2)15-9(12-13-10(15)17)14-5-6-16-7-11(14,3)4/h8H,5-7H2,1-4H3,(H,13,17). The summed E-state index contributed by atoms with van der Waals surface area (Å²) in [5.41, 5.74) is -0.0497. The molecular formula is C11H20N4OS. The molecule has 0 atom stereocenters. The van der Waals surface area contributed by atoms with Crippen LogP contribution in [0.2, 0.25) is 0 Å². The SMILES string of the molecule is CC(C)n1c(N2CCOCC2(C)C)n[nH]c1=S. The van der Waals surface area contributed by atoms with E-state index in [1.54, 1.807) is 0 Å². The molecule has 1 N–H and O–H groups in total. The van der Waals surface area contributed by atoms with E-state index in [9.17, 15) is 0 Å². The summed E-state index contributed by atoms with van der Waals surface area (Å²) in [5, 5.41) is 7.26. The number of ether oxygens (including phenoxy) is 1. The maximum absolute atomic E-state index is 5.53. The highest BCUT2D eigenvalue weighted by atomic mass is 32.1. The van der Waals surface area contributed by atoms with E-state index in [1.165, 1.54) is 0 Å². The fraction of sp³-hybridized carbons (Fsp3) is 0.818. The molecule has 96 valence electrons. The first-order valence-corrected chi connectivity index (χ1v) is 6.36. The lowest BCUT2D eigenvalue weighted by Gasteiger charge is -2.42. The van der Waals surface area contributed by atoms with Crippen molar-refractivity contribution >= 4 is 18.2 Å². The van der Waals surface area contributed by atoms with Gasteiger partial charge in [-0.1, -0.05) is 0 Å². The highest BCUT2D eigenvalue weighted by molar-refractivity contribution is 7.71. The van der Waals surface area contributed by atoms with Gasteiger partial charge in [-0.3, -0.25) is 4.57 Å². The molecule has 1 aromatic heterocycles. The lowest BCUT2D eigenvalue weighted by Crippen LogP contribution is -2.54. The van der Waals surface area contributed by atoms with Crippen molar-refractivity contribution in [3.05, 3.63) is 4.77 Å². The maximum atomic E-state index is 5.53. The molecule has 0 saturated carbocycles. The summed E-state index contributed by atoms with van der Waals surface area (Å²) in [6, 6.07) is 0.301. The molecule has 0 aliphatic carbocycles. The van der Waals surface area contributed by atoms with Crippen LogP contribution in [0, 0.1) is 4.77 Å². The second kappa shape index (κ2) is 4.42. The second-order valence-corrected chi connectivity index (χ2v) is 5.70. The van der Waals surface area contributed by atoms with Crippen LogP contribution in [0.25, 0.3) is 0 Å². The van der Waals surface area contributed by atoms with Gasteiger partial charge in [-0.15, -0.1) is 5.10 Å². The van der Waals surface area contributed by atoms with Crippen LogP contribution >= 0.6 is 12.2 Å². The Kier molecular flexibility index (Phi) is 3.27. The van der Waals surface area contributed by atoms with Crippen LogP contribution in [-0.4, -0.2) is 40.1 Å². The number of H-pyrrole nitrogens is 1. The molecule has 0 bridgehead atoms. The first-order valence-electron chi connectivity index (χ1n) is 5.96. The maximum Gasteiger partial charge on any atom is 0.226 e. The van der Waals surface area contributed by atoms with E-state index >= 15 is 0 Å². The average Bonchev–Trinajstić information content (AvgIpc) is 2.59. The van der Waals surface area contributed by atoms with E-state index < -0.39 is 0 Å². The zero-order valence-electron chi connectivity index (χ0n) is 10.9. The number of morpholine rings is 1. The molecule has 1 saturated heterocycles. The third-order valence-electron chi connectivity index (χ3n) is 3.09. The molecule has 0 amide bonds. The van der Waals surface area contributed by atoms with Crippen LogP contribution in [0.5, 0.6) is 0 Å². The van der Waals surface area contributed by atoms with E-state index in [-0.39, 0.29) is 5.54 Å². The Labute approximate surface area is 107 Å². The highest BCUT2D eigenvalue weighted by Crippen LogP contribution is 2.27. The summed E-state index contributed by atoms with van der Waals surface area (Å²) in [6.45, 7) is 10.8. The fourth-order valence-corrected chi connectivity index (χ4v) is 2.52. The van der Waals surface area contributed by atoms with Crippen molar-refractivity contribution in [1.82, 2.24) is 14.8 Å². The van der Waals surface area contributed by atoms with Crippen LogP contribution in [0.4, 0.5) is 5.95 Å². The van der Waals surface area contributed by atoms with Crippen molar-refractivity contribution in [2.75, 3.05) is 24.7 Å². The van der Waals surface area contributed by atoms with E-state index in [1.807, 2.05) is 0 Å². The van der Waals surface area contributed by atoms with Gasteiger partial charge in [-0.05, 0) is 39.9 Å². The Morgan fingerprint density at radius 2 is 2.18 bits per heavy atom. The van der Waals surface area contributed by atoms with E-state index in [0.717, 1.165) is 19.1 Å². The van der Waals surface area contributed by atoms with Crippen LogP contribution in [0.1, 0.15) is 33.7 Å². The monoisotopic (exact) mass is 256 g/mol. The minimum atomic E-state index is -0.0497. The van der Waals surface area contributed by atoms with Crippen LogP contribution in [0.3, 0.4) is 0 Å². The summed E-state index contributed by atoms with van der Waals surface area (Å²) in [4.78, 5) is 2.27. The molecule has 0 radical (unpaired) electrons. The lowest BCUT2D eigenvalue weighted by molar-refractivity contribution is 0.0628. The average molecular weight is 256 g/mol. The predicted octanol–water partition coefficient (Wildman–Crippen LogP) is 2.14. The molecule has 1 aliphatic rings. The summed E-state index contributed by atoms with van der Waals surface area (Å²) >= 11 is 5.28. The van der Waals surface area contributed by atoms with E-state index in [0.29, 0.717) is 17.4 Å². The molecule has 17 heavy (non-hydrogen) atoms. The van der Waals surface area contributed by atoms with Gasteiger partial charge in [-0.2, -0.15) is 0 Å². The number of anilines is 1. The number of aromatic nitrogens is 3. The molecule has 0 unspecified atom stereocenters. The van der Waals surface area contributed by atoms with E-state index in [4.69, 9.17) is 17.0 Å². The first-order chi connectivity index (χ1) is 7.93. The molecule has 1 fully saturated rings. The number of nitrogens with zero attached hydrogens (tertiary/aromatic N) is 3. The molecule has 2 heterocycles. The van der Waals surface area contributed by atoms with Crippen LogP contribution in [0.15, 0.2) is 0 Å². The summed E-state index contributed by atoms with van der Waals surface area (Å²) < 4.78 is 8.26. The van der Waals surface area contributed by atoms with Crippen molar-refractivity contribution in [3.8, 4) is 0 Å². The smallest absolute Gasteiger partial charge is 0.226 e. The number of hydrogen-bond donors (Lipinski definition) is 1. The van der Waals surface area contributed by atoms with Crippen molar-refractivity contribution in [2.24, 2.45) is 0 Å². The summed E-state index contributed by atoms with van der Waals surface area (Å²) in [5.74, 6) is 0.915. The Morgan fingerprint density at radius 3 is 2.76 bits per heavy atom. The largest absolute Gasteiger partial charge is 0.377 e. The summed E-state index contributed by atoms with van der Waals surface area (Å²) in [6.07, 6.45) is 0. The second-order valence-electron chi connectivity index (χ2n) is 5.31. The number of nitrogens with one attached hydrogen (secondary N) is 1. The van der Waals surface area contributed by atoms with Crippen LogP contribution < -0.4 is 4.90 Å². The molecule has 1 aromatic rings. The van der Waals surface area contributed by atoms with Gasteiger partial charge in [0.15, 0.2) is 4.77 Å². The molecule has 0 aromatic carbocycles. The molecule has 1 aliphatic heterocycles. The van der Waals surface area contributed by atoms with Crippen molar-refractivity contribution in [2.45, 2.75) is 39.3 Å². The zero-order chi connectivity index (χ0) is 12.6. The van der Waals surface area contributed by atoms with Crippen molar-refractivity contribution < 1.29 is 4.74 Å². The Bertz CT molecular complexity index is 449. The predicted molar refractivity (Wildman–Crippen MR) is 70.0 cm³/mol. The van der Waals surface area contributed by atoms with Gasteiger partial charge in [0.1, 0.15) is 0 Å². The van der Waals surface area contributed by atoms with Gasteiger partial charge >= 0.3 is 0 Å². The third-order valence-corrected chi connectivity index (χ3v) is 3.38. The normalized spacial score (nSPS) is 19.9. The topological polar surface area (TPSA) is 46.1 Å². The van der Waals surface area contributed by atoms with Crippen molar-refractivity contribution in [3.63, 3.8) is 0 Å². The molecule has 0 spiro atoms. The lowest BCUT2D eigenvalue weighted by atomic mass is 10.0. The molecule has 2 rings (SSSR count). The van der Waals surface area contributed by atoms with Gasteiger partial charge in [0.25, 0.3) is 0 Å². The van der Waals surface area contributed by atoms with Gasteiger partial charge in [0, 0.05) is 12.6 Å². The van der Waals surface area contributed by atoms with Gasteiger partial charge in [0.05, 0.1) is 18.8 Å². The Hall–Kier alpha value is -0.880. The van der Waals surface area contributed by atoms with Crippen molar-refractivity contribution in [1.29, 1.82) is 0 Å². The first kappa shape index (κ1) is 12.6. The van der Waals surface area contributed by atoms with Crippen LogP contribution in [-0.2, 0) is 4.74 Å². The molecule has 5 nitrogen and oxygen atoms in total. The Morgan fingerprint density at radius 1 is 1.47 bits per heavy atom. The highest BCUT2D eigenvalue weighted by Gasteiger charge is 2.33. The third kappa shape index (κ3) is 2.24. The quantitative estimate of drug-likeness (QED) is 0.824. The number of aromatic amines is 1. The zero-order valence-corrected chi connectivity index (χ0v) is 11.7. The van der Waals surface area contributed by atoms with Gasteiger partial charge in [0.2, 0.25) is 5.95 Å². The molecular weight excluding hydrogens is 236 g/mol. The number of hydrogen-bond acceptors (Lipinski definition) is 4. The fourth-order valence-electron chi connectivity index (χ4n) is 2.18. The Balaban J connectivity index is 2.42. The van der Waals surface area contributed by atoms with E-state index in [2.05, 4.69) is 47.4 Å². The number of rotatable bonds is 2. The van der Waals surface area contributed by atoms with Gasteiger partial charge < -0.3 is 9.64 Å². The minimum absolute atomic E-state index is 0.0497.